The highest BCUT2D eigenvalue weighted by molar-refractivity contribution is 7.59. The van der Waals surface area contributed by atoms with Gasteiger partial charge in [0.2, 0.25) is 7.37 Å². The van der Waals surface area contributed by atoms with Gasteiger partial charge < -0.3 is 10.00 Å². The molecule has 0 amide bonds. The first-order chi connectivity index (χ1) is 9.38. The van der Waals surface area contributed by atoms with Crippen LogP contribution in [0.5, 0.6) is 0 Å². The van der Waals surface area contributed by atoms with Crippen LogP contribution in [0.4, 0.5) is 0 Å². The van der Waals surface area contributed by atoms with E-state index in [1.165, 1.54) is 11.3 Å². The van der Waals surface area contributed by atoms with Crippen LogP contribution < -0.4 is 0 Å². The Morgan fingerprint density at radius 1 is 1.30 bits per heavy atom. The molecule has 0 fully saturated rings. The van der Waals surface area contributed by atoms with Crippen molar-refractivity contribution in [3.8, 4) is 0 Å². The van der Waals surface area contributed by atoms with Gasteiger partial charge >= 0.3 is 5.97 Å². The summed E-state index contributed by atoms with van der Waals surface area (Å²) in [6.07, 6.45) is 0.000123. The summed E-state index contributed by atoms with van der Waals surface area (Å²) < 4.78 is 12.4. The fourth-order valence-electron chi connectivity index (χ4n) is 2.27. The van der Waals surface area contributed by atoms with Crippen molar-refractivity contribution < 1.29 is 19.4 Å². The van der Waals surface area contributed by atoms with E-state index >= 15 is 0 Å². The third kappa shape index (κ3) is 2.57. The first-order valence-electron chi connectivity index (χ1n) is 5.98. The van der Waals surface area contributed by atoms with E-state index in [2.05, 4.69) is 0 Å². The molecule has 0 aliphatic carbocycles. The number of thiophene rings is 1. The van der Waals surface area contributed by atoms with E-state index in [1.54, 1.807) is 41.8 Å². The molecule has 2 N–H and O–H groups in total. The van der Waals surface area contributed by atoms with Crippen molar-refractivity contribution in [3.63, 3.8) is 0 Å². The molecule has 1 heterocycles. The van der Waals surface area contributed by atoms with Crippen LogP contribution in [0.2, 0.25) is 0 Å². The molecule has 2 atom stereocenters. The van der Waals surface area contributed by atoms with Crippen molar-refractivity contribution in [3.05, 3.63) is 58.3 Å². The second kappa shape index (κ2) is 5.52. The molecule has 0 bridgehead atoms. The van der Waals surface area contributed by atoms with E-state index < -0.39 is 18.5 Å². The molecule has 0 aliphatic heterocycles. The minimum Gasteiger partial charge on any atom is -0.480 e. The third-order valence-electron chi connectivity index (χ3n) is 3.35. The Balaban J connectivity index is 2.63. The van der Waals surface area contributed by atoms with Gasteiger partial charge in [0.1, 0.15) is 0 Å². The quantitative estimate of drug-likeness (QED) is 0.832. The maximum Gasteiger partial charge on any atom is 0.324 e. The molecule has 0 radical (unpaired) electrons. The van der Waals surface area contributed by atoms with Gasteiger partial charge in [-0.25, -0.2) is 0 Å². The van der Waals surface area contributed by atoms with Crippen molar-refractivity contribution in [1.29, 1.82) is 0 Å². The van der Waals surface area contributed by atoms with Gasteiger partial charge in [0.25, 0.3) is 0 Å². The molecule has 20 heavy (non-hydrogen) atoms. The number of hydrogen-bond acceptors (Lipinski definition) is 3. The van der Waals surface area contributed by atoms with E-state index in [9.17, 15) is 19.4 Å². The van der Waals surface area contributed by atoms with Crippen molar-refractivity contribution in [2.24, 2.45) is 0 Å². The van der Waals surface area contributed by atoms with Crippen LogP contribution in [0.3, 0.4) is 0 Å². The molecule has 2 unspecified atom stereocenters. The zero-order valence-corrected chi connectivity index (χ0v) is 12.6. The Bertz CT molecular complexity index is 632. The van der Waals surface area contributed by atoms with Gasteiger partial charge in [0.05, 0.1) is 0 Å². The lowest BCUT2D eigenvalue weighted by atomic mass is 9.92. The van der Waals surface area contributed by atoms with Crippen LogP contribution in [0.15, 0.2) is 47.2 Å². The molecular formula is C14H15O4PS. The summed E-state index contributed by atoms with van der Waals surface area (Å²) in [7, 11) is -3.92. The molecule has 1 aromatic heterocycles. The first-order valence-corrected chi connectivity index (χ1v) is 9.03. The highest BCUT2D eigenvalue weighted by Gasteiger charge is 2.52. The van der Waals surface area contributed by atoms with Crippen LogP contribution in [0.1, 0.15) is 11.1 Å². The van der Waals surface area contributed by atoms with E-state index in [0.29, 0.717) is 5.56 Å². The van der Waals surface area contributed by atoms with Gasteiger partial charge in [0.15, 0.2) is 5.16 Å². The van der Waals surface area contributed by atoms with Gasteiger partial charge in [-0.15, -0.1) is 0 Å². The highest BCUT2D eigenvalue weighted by atomic mass is 32.1. The lowest BCUT2D eigenvalue weighted by Gasteiger charge is -2.32. The zero-order chi connectivity index (χ0) is 14.8. The smallest absolute Gasteiger partial charge is 0.324 e. The predicted octanol–water partition coefficient (Wildman–Crippen LogP) is 3.17. The number of carboxylic acid groups (broad SMARTS) is 1. The summed E-state index contributed by atoms with van der Waals surface area (Å²) >= 11 is 1.43. The minimum atomic E-state index is -3.92. The summed E-state index contributed by atoms with van der Waals surface area (Å²) in [5.41, 5.74) is 1.10. The number of rotatable bonds is 5. The van der Waals surface area contributed by atoms with Crippen molar-refractivity contribution in [2.45, 2.75) is 11.6 Å². The molecule has 0 spiro atoms. The summed E-state index contributed by atoms with van der Waals surface area (Å²) in [6, 6.07) is 10.1. The molecule has 4 nitrogen and oxygen atoms in total. The number of carboxylic acids is 1. The van der Waals surface area contributed by atoms with Gasteiger partial charge in [-0.1, -0.05) is 30.3 Å². The van der Waals surface area contributed by atoms with Crippen LogP contribution in [0, 0.1) is 0 Å². The molecule has 0 aliphatic rings. The summed E-state index contributed by atoms with van der Waals surface area (Å²) in [4.78, 5) is 22.0. The van der Waals surface area contributed by atoms with Crippen molar-refractivity contribution in [1.82, 2.24) is 0 Å². The number of carbonyl (C=O) groups is 1. The first kappa shape index (κ1) is 15.0. The molecule has 6 heteroatoms. The topological polar surface area (TPSA) is 74.6 Å². The van der Waals surface area contributed by atoms with Crippen molar-refractivity contribution in [2.75, 3.05) is 6.66 Å². The van der Waals surface area contributed by atoms with E-state index in [0.717, 1.165) is 12.2 Å². The lowest BCUT2D eigenvalue weighted by Crippen LogP contribution is -2.37. The van der Waals surface area contributed by atoms with E-state index in [4.69, 9.17) is 0 Å². The Labute approximate surface area is 121 Å². The molecule has 1 aromatic carbocycles. The minimum absolute atomic E-state index is 0.000123. The second-order valence-corrected chi connectivity index (χ2v) is 8.02. The van der Waals surface area contributed by atoms with Crippen molar-refractivity contribution >= 4 is 24.7 Å². The average Bonchev–Trinajstić information content (AvgIpc) is 2.87. The summed E-state index contributed by atoms with van der Waals surface area (Å²) in [5, 5.41) is 11.5. The fraction of sp³-hybridized carbons (Fsp3) is 0.214. The average molecular weight is 310 g/mol. The van der Waals surface area contributed by atoms with Crippen LogP contribution in [-0.2, 0) is 20.9 Å². The number of hydrogen-bond donors (Lipinski definition) is 2. The Morgan fingerprint density at radius 3 is 2.40 bits per heavy atom. The highest BCUT2D eigenvalue weighted by Crippen LogP contribution is 2.59. The van der Waals surface area contributed by atoms with E-state index in [1.807, 2.05) is 5.38 Å². The largest absolute Gasteiger partial charge is 0.480 e. The Hall–Kier alpha value is -1.42. The molecule has 106 valence electrons. The van der Waals surface area contributed by atoms with Crippen LogP contribution >= 0.6 is 18.7 Å². The standard InChI is InChI=1S/C14H15O4PS/c1-19(17,18)14(13(15)16,9-11-7-8-20-10-11)12-5-3-2-4-6-12/h2-8,10H,9H2,1H3,(H,15,16)(H,17,18). The number of aliphatic carboxylic acids is 1. The van der Waals surface area contributed by atoms with Crippen LogP contribution in [0.25, 0.3) is 0 Å². The normalized spacial score (nSPS) is 17.1. The number of benzene rings is 1. The SMILES string of the molecule is CP(=O)(O)C(Cc1ccsc1)(C(=O)O)c1ccccc1. The van der Waals surface area contributed by atoms with E-state index in [-0.39, 0.29) is 6.42 Å². The molecular weight excluding hydrogens is 295 g/mol. The van der Waals surface area contributed by atoms with Gasteiger partial charge in [-0.05, 0) is 28.0 Å². The Kier molecular flexibility index (Phi) is 4.14. The molecule has 2 rings (SSSR count). The Morgan fingerprint density at radius 2 is 1.95 bits per heavy atom. The van der Waals surface area contributed by atoms with Gasteiger partial charge in [0, 0.05) is 13.1 Å². The van der Waals surface area contributed by atoms with Gasteiger partial charge in [-0.3, -0.25) is 9.36 Å². The zero-order valence-electron chi connectivity index (χ0n) is 10.9. The molecule has 2 aromatic rings. The van der Waals surface area contributed by atoms with Crippen LogP contribution in [-0.4, -0.2) is 22.6 Å². The van der Waals surface area contributed by atoms with Gasteiger partial charge in [-0.2, -0.15) is 11.3 Å². The molecule has 0 saturated carbocycles. The predicted molar refractivity (Wildman–Crippen MR) is 79.5 cm³/mol. The maximum atomic E-state index is 12.4. The second-order valence-electron chi connectivity index (χ2n) is 4.72. The third-order valence-corrected chi connectivity index (χ3v) is 6.11. The summed E-state index contributed by atoms with van der Waals surface area (Å²) in [5.74, 6) is -1.27. The molecule has 0 saturated heterocycles. The summed E-state index contributed by atoms with van der Waals surface area (Å²) in [6.45, 7) is 1.11. The maximum absolute atomic E-state index is 12.4. The lowest BCUT2D eigenvalue weighted by molar-refractivity contribution is -0.140. The fourth-order valence-corrected chi connectivity index (χ4v) is 4.40. The monoisotopic (exact) mass is 310 g/mol.